The Bertz CT molecular complexity index is 433. The van der Waals surface area contributed by atoms with Crippen LogP contribution in [0, 0.1) is 6.92 Å². The minimum Gasteiger partial charge on any atom is -0.496 e. The molecule has 1 aliphatic carbocycles. The Balaban J connectivity index is 2.10. The van der Waals surface area contributed by atoms with Gasteiger partial charge in [0, 0.05) is 17.6 Å². The van der Waals surface area contributed by atoms with Crippen molar-refractivity contribution in [2.24, 2.45) is 0 Å². The molecule has 0 aromatic heterocycles. The predicted molar refractivity (Wildman–Crippen MR) is 82.2 cm³/mol. The molecule has 0 radical (unpaired) electrons. The molecule has 1 aliphatic rings. The molecular formula is C17H27NO2. The van der Waals surface area contributed by atoms with Crippen molar-refractivity contribution in [2.45, 2.75) is 64.1 Å². The van der Waals surface area contributed by atoms with Gasteiger partial charge in [-0.15, -0.1) is 0 Å². The second kappa shape index (κ2) is 7.09. The molecule has 3 atom stereocenters. The van der Waals surface area contributed by atoms with E-state index in [-0.39, 0.29) is 18.2 Å². The highest BCUT2D eigenvalue weighted by Gasteiger charge is 2.24. The van der Waals surface area contributed by atoms with Crippen LogP contribution in [0.2, 0.25) is 0 Å². The summed E-state index contributed by atoms with van der Waals surface area (Å²) in [6.45, 7) is 4.24. The summed E-state index contributed by atoms with van der Waals surface area (Å²) in [5, 5.41) is 13.8. The summed E-state index contributed by atoms with van der Waals surface area (Å²) >= 11 is 0. The molecule has 0 amide bonds. The van der Waals surface area contributed by atoms with Gasteiger partial charge in [0.05, 0.1) is 13.2 Å². The lowest BCUT2D eigenvalue weighted by Gasteiger charge is -2.27. The Morgan fingerprint density at radius 1 is 1.25 bits per heavy atom. The fourth-order valence-electron chi connectivity index (χ4n) is 3.09. The number of aliphatic hydroxyl groups is 1. The summed E-state index contributed by atoms with van der Waals surface area (Å²) in [6.07, 6.45) is 5.32. The Morgan fingerprint density at radius 2 is 2.00 bits per heavy atom. The Labute approximate surface area is 122 Å². The van der Waals surface area contributed by atoms with Crippen LogP contribution in [0.5, 0.6) is 5.75 Å². The standard InChI is InChI=1S/C17H27NO2/c1-12-9-10-17(20-3)14(11-12)13(2)18-15-7-5-4-6-8-16(15)19/h9-11,13,15-16,18-19H,4-8H2,1-3H3. The zero-order valence-electron chi connectivity index (χ0n) is 12.9. The van der Waals surface area contributed by atoms with Gasteiger partial charge in [-0.2, -0.15) is 0 Å². The van der Waals surface area contributed by atoms with Crippen LogP contribution < -0.4 is 10.1 Å². The van der Waals surface area contributed by atoms with Crippen molar-refractivity contribution >= 4 is 0 Å². The summed E-state index contributed by atoms with van der Waals surface area (Å²) in [5.74, 6) is 0.915. The molecule has 0 saturated heterocycles. The molecule has 1 saturated carbocycles. The molecular weight excluding hydrogens is 250 g/mol. The third kappa shape index (κ3) is 3.74. The van der Waals surface area contributed by atoms with Crippen molar-refractivity contribution in [1.82, 2.24) is 5.32 Å². The maximum atomic E-state index is 10.2. The first-order valence-corrected chi connectivity index (χ1v) is 7.70. The summed E-state index contributed by atoms with van der Waals surface area (Å²) in [4.78, 5) is 0. The normalized spacial score (nSPS) is 25.0. The van der Waals surface area contributed by atoms with Crippen molar-refractivity contribution in [3.05, 3.63) is 29.3 Å². The number of hydrogen-bond acceptors (Lipinski definition) is 3. The molecule has 2 N–H and O–H groups in total. The van der Waals surface area contributed by atoms with Gasteiger partial charge in [-0.05, 0) is 32.8 Å². The van der Waals surface area contributed by atoms with Crippen LogP contribution in [0.1, 0.15) is 56.2 Å². The van der Waals surface area contributed by atoms with Crippen molar-refractivity contribution in [3.63, 3.8) is 0 Å². The second-order valence-corrected chi connectivity index (χ2v) is 5.95. The molecule has 112 valence electrons. The largest absolute Gasteiger partial charge is 0.496 e. The number of aliphatic hydroxyl groups excluding tert-OH is 1. The van der Waals surface area contributed by atoms with Crippen molar-refractivity contribution in [3.8, 4) is 5.75 Å². The zero-order chi connectivity index (χ0) is 14.5. The van der Waals surface area contributed by atoms with E-state index in [0.29, 0.717) is 0 Å². The summed E-state index contributed by atoms with van der Waals surface area (Å²) in [7, 11) is 1.71. The molecule has 1 aromatic rings. The quantitative estimate of drug-likeness (QED) is 0.829. The molecule has 2 rings (SSSR count). The van der Waals surface area contributed by atoms with E-state index in [0.717, 1.165) is 25.0 Å². The lowest BCUT2D eigenvalue weighted by atomic mass is 10.0. The fourth-order valence-corrected chi connectivity index (χ4v) is 3.09. The van der Waals surface area contributed by atoms with Gasteiger partial charge in [0.1, 0.15) is 5.75 Å². The molecule has 1 aromatic carbocycles. The van der Waals surface area contributed by atoms with Crippen molar-refractivity contribution < 1.29 is 9.84 Å². The van der Waals surface area contributed by atoms with E-state index in [4.69, 9.17) is 4.74 Å². The van der Waals surface area contributed by atoms with E-state index in [1.54, 1.807) is 7.11 Å². The van der Waals surface area contributed by atoms with Crippen molar-refractivity contribution in [2.75, 3.05) is 7.11 Å². The average Bonchev–Trinajstić information content (AvgIpc) is 2.64. The zero-order valence-corrected chi connectivity index (χ0v) is 12.9. The molecule has 3 heteroatoms. The van der Waals surface area contributed by atoms with Crippen LogP contribution in [0.15, 0.2) is 18.2 Å². The van der Waals surface area contributed by atoms with Crippen LogP contribution in [-0.4, -0.2) is 24.4 Å². The van der Waals surface area contributed by atoms with E-state index in [9.17, 15) is 5.11 Å². The van der Waals surface area contributed by atoms with Gasteiger partial charge in [-0.25, -0.2) is 0 Å². The summed E-state index contributed by atoms with van der Waals surface area (Å²) in [6, 6.07) is 6.63. The molecule has 3 unspecified atom stereocenters. The number of aryl methyl sites for hydroxylation is 1. The van der Waals surface area contributed by atoms with Gasteiger partial charge < -0.3 is 15.2 Å². The number of rotatable bonds is 4. The number of methoxy groups -OCH3 is 1. The van der Waals surface area contributed by atoms with Crippen LogP contribution in [0.3, 0.4) is 0 Å². The lowest BCUT2D eigenvalue weighted by Crippen LogP contribution is -2.40. The first kappa shape index (κ1) is 15.3. The maximum Gasteiger partial charge on any atom is 0.123 e. The summed E-state index contributed by atoms with van der Waals surface area (Å²) in [5.41, 5.74) is 2.40. The molecule has 0 heterocycles. The first-order chi connectivity index (χ1) is 9.61. The molecule has 20 heavy (non-hydrogen) atoms. The molecule has 1 fully saturated rings. The molecule has 0 aliphatic heterocycles. The van der Waals surface area contributed by atoms with Gasteiger partial charge in [0.25, 0.3) is 0 Å². The van der Waals surface area contributed by atoms with E-state index in [1.165, 1.54) is 24.0 Å². The van der Waals surface area contributed by atoms with Crippen LogP contribution >= 0.6 is 0 Å². The highest BCUT2D eigenvalue weighted by Crippen LogP contribution is 2.28. The minimum atomic E-state index is -0.226. The number of benzene rings is 1. The van der Waals surface area contributed by atoms with Crippen LogP contribution in [-0.2, 0) is 0 Å². The van der Waals surface area contributed by atoms with Gasteiger partial charge in [0.2, 0.25) is 0 Å². The second-order valence-electron chi connectivity index (χ2n) is 5.95. The van der Waals surface area contributed by atoms with Crippen molar-refractivity contribution in [1.29, 1.82) is 0 Å². The van der Waals surface area contributed by atoms with Crippen LogP contribution in [0.4, 0.5) is 0 Å². The molecule has 0 spiro atoms. The summed E-state index contributed by atoms with van der Waals surface area (Å²) < 4.78 is 5.46. The first-order valence-electron chi connectivity index (χ1n) is 7.70. The third-order valence-corrected chi connectivity index (χ3v) is 4.30. The van der Waals surface area contributed by atoms with E-state index >= 15 is 0 Å². The van der Waals surface area contributed by atoms with E-state index in [1.807, 2.05) is 6.07 Å². The highest BCUT2D eigenvalue weighted by molar-refractivity contribution is 5.38. The Hall–Kier alpha value is -1.06. The highest BCUT2D eigenvalue weighted by atomic mass is 16.5. The molecule has 3 nitrogen and oxygen atoms in total. The van der Waals surface area contributed by atoms with Crippen LogP contribution in [0.25, 0.3) is 0 Å². The van der Waals surface area contributed by atoms with E-state index in [2.05, 4.69) is 31.3 Å². The minimum absolute atomic E-state index is 0.183. The average molecular weight is 277 g/mol. The lowest BCUT2D eigenvalue weighted by molar-refractivity contribution is 0.114. The number of nitrogens with one attached hydrogen (secondary N) is 1. The monoisotopic (exact) mass is 277 g/mol. The van der Waals surface area contributed by atoms with Gasteiger partial charge in [0.15, 0.2) is 0 Å². The Morgan fingerprint density at radius 3 is 2.75 bits per heavy atom. The third-order valence-electron chi connectivity index (χ3n) is 4.30. The Kier molecular flexibility index (Phi) is 5.44. The van der Waals surface area contributed by atoms with Gasteiger partial charge in [-0.1, -0.05) is 37.0 Å². The van der Waals surface area contributed by atoms with Gasteiger partial charge >= 0.3 is 0 Å². The maximum absolute atomic E-state index is 10.2. The fraction of sp³-hybridized carbons (Fsp3) is 0.647. The topological polar surface area (TPSA) is 41.5 Å². The SMILES string of the molecule is COc1ccc(C)cc1C(C)NC1CCCCCC1O. The van der Waals surface area contributed by atoms with Gasteiger partial charge in [-0.3, -0.25) is 0 Å². The predicted octanol–water partition coefficient (Wildman–Crippen LogP) is 3.35. The number of ether oxygens (including phenoxy) is 1. The smallest absolute Gasteiger partial charge is 0.123 e. The van der Waals surface area contributed by atoms with E-state index < -0.39 is 0 Å². The molecule has 0 bridgehead atoms. The number of hydrogen-bond donors (Lipinski definition) is 2.